The average molecular weight is 144 g/mol. The molecule has 0 heterocycles. The van der Waals surface area contributed by atoms with Crippen molar-refractivity contribution >= 4 is 5.97 Å². The molecule has 1 N–H and O–H groups in total. The first kappa shape index (κ1) is 9.01. The fraction of sp³-hybridized carbons (Fsp3) is 0.571. The summed E-state index contributed by atoms with van der Waals surface area (Å²) < 4.78 is 4.79. The molecule has 0 aliphatic carbocycles. The highest BCUT2D eigenvalue weighted by atomic mass is 16.6. The quantitative estimate of drug-likeness (QED) is 0.344. The molecule has 0 aliphatic heterocycles. The summed E-state index contributed by atoms with van der Waals surface area (Å²) in [4.78, 5) is 10.6. The maximum Gasteiger partial charge on any atom is 0.334 e. The molecule has 58 valence electrons. The van der Waals surface area contributed by atoms with Crippen LogP contribution in [-0.4, -0.2) is 16.7 Å². The number of aliphatic hydroxyl groups is 1. The van der Waals surface area contributed by atoms with Gasteiger partial charge < -0.3 is 9.84 Å². The molecule has 3 heteroatoms. The Morgan fingerprint density at radius 2 is 2.00 bits per heavy atom. The largest absolute Gasteiger partial charge is 0.515 e. The molecule has 0 aromatic rings. The highest BCUT2D eigenvalue weighted by molar-refractivity contribution is 5.81. The normalized spacial score (nSPS) is 11.9. The summed E-state index contributed by atoms with van der Waals surface area (Å²) in [5.74, 6) is -0.532. The van der Waals surface area contributed by atoms with Crippen LogP contribution in [0.5, 0.6) is 0 Å². The van der Waals surface area contributed by atoms with E-state index >= 15 is 0 Å². The maximum absolute atomic E-state index is 10.6. The summed E-state index contributed by atoms with van der Waals surface area (Å²) in [5.41, 5.74) is -0.489. The standard InChI is InChI=1S/C7H12O3/c1-7(2,3)10-6(9)4-5-8/h4-5,8H,1-3H3/b5-4+. The van der Waals surface area contributed by atoms with Crippen LogP contribution in [-0.2, 0) is 9.53 Å². The smallest absolute Gasteiger partial charge is 0.334 e. The van der Waals surface area contributed by atoms with Crippen LogP contribution in [0.3, 0.4) is 0 Å². The Labute approximate surface area is 60.3 Å². The van der Waals surface area contributed by atoms with Gasteiger partial charge in [0.15, 0.2) is 0 Å². The Morgan fingerprint density at radius 3 is 2.30 bits per heavy atom. The van der Waals surface area contributed by atoms with Crippen LogP contribution in [0, 0.1) is 0 Å². The lowest BCUT2D eigenvalue weighted by Gasteiger charge is -2.17. The second kappa shape index (κ2) is 3.25. The van der Waals surface area contributed by atoms with Gasteiger partial charge in [0, 0.05) is 0 Å². The van der Waals surface area contributed by atoms with Crippen molar-refractivity contribution in [3.05, 3.63) is 12.3 Å². The Morgan fingerprint density at radius 1 is 1.50 bits per heavy atom. The molecule has 0 bridgehead atoms. The van der Waals surface area contributed by atoms with Gasteiger partial charge in [-0.2, -0.15) is 0 Å². The van der Waals surface area contributed by atoms with Crippen LogP contribution >= 0.6 is 0 Å². The van der Waals surface area contributed by atoms with E-state index in [2.05, 4.69) is 0 Å². The van der Waals surface area contributed by atoms with Gasteiger partial charge in [-0.3, -0.25) is 0 Å². The van der Waals surface area contributed by atoms with Crippen molar-refractivity contribution < 1.29 is 14.6 Å². The van der Waals surface area contributed by atoms with Crippen molar-refractivity contribution in [1.29, 1.82) is 0 Å². The molecule has 3 nitrogen and oxygen atoms in total. The summed E-state index contributed by atoms with van der Waals surface area (Å²) in [6.07, 6.45) is 1.62. The Bertz CT molecular complexity index is 141. The number of carbonyl (C=O) groups excluding carboxylic acids is 1. The molecule has 0 fully saturated rings. The molecule has 0 aromatic carbocycles. The first-order chi connectivity index (χ1) is 4.45. The first-order valence-corrected chi connectivity index (χ1v) is 2.99. The Balaban J connectivity index is 3.81. The van der Waals surface area contributed by atoms with Crippen LogP contribution < -0.4 is 0 Å². The van der Waals surface area contributed by atoms with Crippen LogP contribution in [0.15, 0.2) is 12.3 Å². The summed E-state index contributed by atoms with van der Waals surface area (Å²) >= 11 is 0. The van der Waals surface area contributed by atoms with Crippen molar-refractivity contribution in [1.82, 2.24) is 0 Å². The third-order valence-electron chi connectivity index (χ3n) is 0.617. The monoisotopic (exact) mass is 144 g/mol. The van der Waals surface area contributed by atoms with Gasteiger partial charge in [0.1, 0.15) is 5.60 Å². The number of aliphatic hydroxyl groups excluding tert-OH is 1. The zero-order valence-electron chi connectivity index (χ0n) is 6.42. The van der Waals surface area contributed by atoms with Gasteiger partial charge in [0.05, 0.1) is 12.3 Å². The fourth-order valence-corrected chi connectivity index (χ4v) is 0.397. The minimum atomic E-state index is -0.532. The van der Waals surface area contributed by atoms with E-state index in [0.29, 0.717) is 6.26 Å². The minimum absolute atomic E-state index is 0.489. The van der Waals surface area contributed by atoms with Gasteiger partial charge in [-0.05, 0) is 20.8 Å². The van der Waals surface area contributed by atoms with Gasteiger partial charge in [-0.25, -0.2) is 4.79 Å². The van der Waals surface area contributed by atoms with E-state index in [1.54, 1.807) is 20.8 Å². The number of rotatable bonds is 1. The molecule has 0 saturated carbocycles. The van der Waals surface area contributed by atoms with Crippen LogP contribution in [0.1, 0.15) is 20.8 Å². The second-order valence-electron chi connectivity index (χ2n) is 2.85. The molecule has 0 rings (SSSR count). The SMILES string of the molecule is CC(C)(C)OC(=O)/C=C/O. The van der Waals surface area contributed by atoms with Crippen molar-refractivity contribution in [3.8, 4) is 0 Å². The number of hydrogen-bond acceptors (Lipinski definition) is 3. The molecular weight excluding hydrogens is 132 g/mol. The van der Waals surface area contributed by atoms with Crippen LogP contribution in [0.25, 0.3) is 0 Å². The summed E-state index contributed by atoms with van der Waals surface area (Å²) in [5, 5.41) is 8.15. The van der Waals surface area contributed by atoms with E-state index in [1.807, 2.05) is 0 Å². The molecule has 0 unspecified atom stereocenters. The third kappa shape index (κ3) is 5.15. The fourth-order valence-electron chi connectivity index (χ4n) is 0.397. The maximum atomic E-state index is 10.6. The molecule has 0 aromatic heterocycles. The van der Waals surface area contributed by atoms with E-state index in [0.717, 1.165) is 6.08 Å². The number of carbonyl (C=O) groups is 1. The summed E-state index contributed by atoms with van der Waals surface area (Å²) in [6, 6.07) is 0. The lowest BCUT2D eigenvalue weighted by Crippen LogP contribution is -2.22. The molecule has 0 atom stereocenters. The molecule has 0 amide bonds. The van der Waals surface area contributed by atoms with Crippen molar-refractivity contribution in [3.63, 3.8) is 0 Å². The Hall–Kier alpha value is -0.990. The van der Waals surface area contributed by atoms with Gasteiger partial charge >= 0.3 is 5.97 Å². The zero-order chi connectivity index (χ0) is 8.20. The zero-order valence-corrected chi connectivity index (χ0v) is 6.42. The van der Waals surface area contributed by atoms with E-state index in [1.165, 1.54) is 0 Å². The average Bonchev–Trinajstić information content (AvgIpc) is 1.59. The lowest BCUT2D eigenvalue weighted by molar-refractivity contribution is -0.148. The molecule has 0 aliphatic rings. The number of esters is 1. The van der Waals surface area contributed by atoms with Crippen molar-refractivity contribution in [2.45, 2.75) is 26.4 Å². The van der Waals surface area contributed by atoms with E-state index < -0.39 is 11.6 Å². The van der Waals surface area contributed by atoms with Gasteiger partial charge in [0.2, 0.25) is 0 Å². The van der Waals surface area contributed by atoms with Crippen molar-refractivity contribution in [2.75, 3.05) is 0 Å². The predicted octanol–water partition coefficient (Wildman–Crippen LogP) is 1.40. The molecule has 0 spiro atoms. The van der Waals surface area contributed by atoms with E-state index in [-0.39, 0.29) is 0 Å². The topological polar surface area (TPSA) is 46.5 Å². The van der Waals surface area contributed by atoms with Gasteiger partial charge in [-0.15, -0.1) is 0 Å². The predicted molar refractivity (Wildman–Crippen MR) is 37.6 cm³/mol. The first-order valence-electron chi connectivity index (χ1n) is 2.99. The molecule has 10 heavy (non-hydrogen) atoms. The minimum Gasteiger partial charge on any atom is -0.515 e. The van der Waals surface area contributed by atoms with Crippen LogP contribution in [0.4, 0.5) is 0 Å². The molecule has 0 radical (unpaired) electrons. The second-order valence-corrected chi connectivity index (χ2v) is 2.85. The number of hydrogen-bond donors (Lipinski definition) is 1. The van der Waals surface area contributed by atoms with E-state index in [9.17, 15) is 4.79 Å². The summed E-state index contributed by atoms with van der Waals surface area (Å²) in [6.45, 7) is 5.28. The van der Waals surface area contributed by atoms with Gasteiger partial charge in [-0.1, -0.05) is 0 Å². The Kier molecular flexibility index (Phi) is 2.93. The highest BCUT2D eigenvalue weighted by Crippen LogP contribution is 2.06. The number of ether oxygens (including phenoxy) is 1. The summed E-state index contributed by atoms with van der Waals surface area (Å²) in [7, 11) is 0. The van der Waals surface area contributed by atoms with E-state index in [4.69, 9.17) is 9.84 Å². The third-order valence-corrected chi connectivity index (χ3v) is 0.617. The lowest BCUT2D eigenvalue weighted by atomic mass is 10.2. The molecule has 0 saturated heterocycles. The van der Waals surface area contributed by atoms with Crippen LogP contribution in [0.2, 0.25) is 0 Å². The highest BCUT2D eigenvalue weighted by Gasteiger charge is 2.13. The van der Waals surface area contributed by atoms with Crippen molar-refractivity contribution in [2.24, 2.45) is 0 Å². The molecular formula is C7H12O3. The van der Waals surface area contributed by atoms with Gasteiger partial charge in [0.25, 0.3) is 0 Å².